The van der Waals surface area contributed by atoms with Gasteiger partial charge in [0.15, 0.2) is 5.75 Å². The Labute approximate surface area is 199 Å². The van der Waals surface area contributed by atoms with Crippen LogP contribution >= 0.6 is 0 Å². The highest BCUT2D eigenvalue weighted by molar-refractivity contribution is 6.27. The van der Waals surface area contributed by atoms with E-state index in [0.29, 0.717) is 40.5 Å². The molecule has 7 heteroatoms. The molecule has 172 valence electrons. The van der Waals surface area contributed by atoms with Crippen molar-refractivity contribution in [3.05, 3.63) is 95.6 Å². The van der Waals surface area contributed by atoms with E-state index in [2.05, 4.69) is 4.98 Å². The first-order valence-electron chi connectivity index (χ1n) is 11.0. The number of carbonyl (C=O) groups is 2. The van der Waals surface area contributed by atoms with Gasteiger partial charge in [-0.15, -0.1) is 0 Å². The van der Waals surface area contributed by atoms with E-state index < -0.39 is 11.9 Å². The highest BCUT2D eigenvalue weighted by Gasteiger charge is 2.35. The number of nitrogens with one attached hydrogen (secondary N) is 1. The lowest BCUT2D eigenvalue weighted by Crippen LogP contribution is -1.97. The monoisotopic (exact) mass is 465 g/mol. The van der Waals surface area contributed by atoms with Gasteiger partial charge in [0.25, 0.3) is 0 Å². The van der Waals surface area contributed by atoms with Crippen LogP contribution in [-0.4, -0.2) is 24.0 Å². The fourth-order valence-electron chi connectivity index (χ4n) is 4.27. The van der Waals surface area contributed by atoms with Crippen LogP contribution in [0.5, 0.6) is 23.0 Å². The zero-order valence-electron chi connectivity index (χ0n) is 18.7. The Kier molecular flexibility index (Phi) is 4.88. The van der Waals surface area contributed by atoms with Crippen molar-refractivity contribution in [3.8, 4) is 23.0 Å². The third kappa shape index (κ3) is 3.63. The molecular formula is C28H19NO6. The number of H-pyrrole nitrogens is 1. The maximum absolute atomic E-state index is 12.6. The predicted octanol–water partition coefficient (Wildman–Crippen LogP) is 6.01. The lowest BCUT2D eigenvalue weighted by molar-refractivity contribution is 0.0444. The molecule has 0 bridgehead atoms. The highest BCUT2D eigenvalue weighted by atomic mass is 16.6. The van der Waals surface area contributed by atoms with Crippen molar-refractivity contribution < 1.29 is 28.5 Å². The van der Waals surface area contributed by atoms with E-state index in [0.717, 1.165) is 16.5 Å². The third-order valence-electron chi connectivity index (χ3n) is 5.96. The van der Waals surface area contributed by atoms with Crippen LogP contribution in [0.15, 0.2) is 78.9 Å². The van der Waals surface area contributed by atoms with Gasteiger partial charge < -0.3 is 23.9 Å². The summed E-state index contributed by atoms with van der Waals surface area (Å²) in [7, 11) is 1.59. The van der Waals surface area contributed by atoms with Gasteiger partial charge in [-0.3, -0.25) is 0 Å². The zero-order chi connectivity index (χ0) is 23.9. The minimum absolute atomic E-state index is 0.169. The smallest absolute Gasteiger partial charge is 0.347 e. The van der Waals surface area contributed by atoms with Gasteiger partial charge in [-0.1, -0.05) is 30.3 Å². The second kappa shape index (κ2) is 8.22. The van der Waals surface area contributed by atoms with Crippen molar-refractivity contribution in [3.63, 3.8) is 0 Å². The first-order valence-corrected chi connectivity index (χ1v) is 11.0. The van der Waals surface area contributed by atoms with E-state index >= 15 is 0 Å². The van der Waals surface area contributed by atoms with Crippen LogP contribution in [0.3, 0.4) is 0 Å². The van der Waals surface area contributed by atoms with Crippen LogP contribution in [0.4, 0.5) is 0 Å². The number of ether oxygens (including phenoxy) is 4. The number of benzene rings is 4. The molecule has 0 radical (unpaired) electrons. The Balaban J connectivity index is 1.47. The molecule has 1 aromatic heterocycles. The molecule has 0 spiro atoms. The SMILES string of the molecule is COc1ccc(Oc2cc3c(c4c2[nH]c2ccc(OCc5ccccc5)cc24)C(=O)OC3=O)cc1. The summed E-state index contributed by atoms with van der Waals surface area (Å²) in [6.07, 6.45) is 0. The summed E-state index contributed by atoms with van der Waals surface area (Å²) in [4.78, 5) is 28.4. The molecule has 5 aromatic rings. The number of esters is 2. The first kappa shape index (κ1) is 20.8. The lowest BCUT2D eigenvalue weighted by atomic mass is 10.0. The summed E-state index contributed by atoms with van der Waals surface area (Å²) in [5.74, 6) is 0.906. The number of methoxy groups -OCH3 is 1. The molecule has 0 unspecified atom stereocenters. The van der Waals surface area contributed by atoms with Crippen molar-refractivity contribution in [2.45, 2.75) is 6.61 Å². The second-order valence-corrected chi connectivity index (χ2v) is 8.11. The van der Waals surface area contributed by atoms with Gasteiger partial charge >= 0.3 is 11.9 Å². The largest absolute Gasteiger partial charge is 0.497 e. The van der Waals surface area contributed by atoms with Crippen molar-refractivity contribution in [2.75, 3.05) is 7.11 Å². The molecule has 1 N–H and O–H groups in total. The molecular weight excluding hydrogens is 446 g/mol. The van der Waals surface area contributed by atoms with Gasteiger partial charge in [0.2, 0.25) is 0 Å². The Morgan fingerprint density at radius 1 is 0.829 bits per heavy atom. The standard InChI is InChI=1S/C28H19NO6/c1-32-17-7-9-18(10-8-17)34-23-14-21-25(28(31)35-27(21)30)24-20-13-19(11-12-22(20)29-26(23)24)33-15-16-5-3-2-4-6-16/h2-14,29H,15H2,1H3. The van der Waals surface area contributed by atoms with Crippen LogP contribution in [0.1, 0.15) is 26.3 Å². The summed E-state index contributed by atoms with van der Waals surface area (Å²) >= 11 is 0. The van der Waals surface area contributed by atoms with Gasteiger partial charge in [0.1, 0.15) is 23.9 Å². The van der Waals surface area contributed by atoms with Crippen LogP contribution < -0.4 is 14.2 Å². The Bertz CT molecular complexity index is 1600. The van der Waals surface area contributed by atoms with E-state index in [-0.39, 0.29) is 11.1 Å². The quantitative estimate of drug-likeness (QED) is 0.244. The molecule has 0 saturated carbocycles. The van der Waals surface area contributed by atoms with E-state index in [1.54, 1.807) is 31.4 Å². The average molecular weight is 465 g/mol. The van der Waals surface area contributed by atoms with Crippen molar-refractivity contribution in [1.29, 1.82) is 0 Å². The van der Waals surface area contributed by atoms with E-state index in [4.69, 9.17) is 18.9 Å². The van der Waals surface area contributed by atoms with Gasteiger partial charge in [-0.25, -0.2) is 9.59 Å². The molecule has 0 amide bonds. The summed E-state index contributed by atoms with van der Waals surface area (Å²) in [5.41, 5.74) is 2.78. The van der Waals surface area contributed by atoms with E-state index in [1.165, 1.54) is 6.07 Å². The first-order chi connectivity index (χ1) is 17.1. The molecule has 0 aliphatic carbocycles. The topological polar surface area (TPSA) is 86.8 Å². The fourth-order valence-corrected chi connectivity index (χ4v) is 4.27. The summed E-state index contributed by atoms with van der Waals surface area (Å²) in [6.45, 7) is 0.402. The van der Waals surface area contributed by atoms with Crippen molar-refractivity contribution in [1.82, 2.24) is 4.98 Å². The van der Waals surface area contributed by atoms with Crippen LogP contribution in [0, 0.1) is 0 Å². The van der Waals surface area contributed by atoms with Crippen LogP contribution in [0.25, 0.3) is 21.8 Å². The van der Waals surface area contributed by atoms with E-state index in [9.17, 15) is 9.59 Å². The fraction of sp³-hybridized carbons (Fsp3) is 0.0714. The van der Waals surface area contributed by atoms with Crippen molar-refractivity contribution >= 4 is 33.7 Å². The molecule has 1 aliphatic rings. The molecule has 35 heavy (non-hydrogen) atoms. The molecule has 0 fully saturated rings. The zero-order valence-corrected chi connectivity index (χ0v) is 18.7. The number of aromatic nitrogens is 1. The minimum Gasteiger partial charge on any atom is -0.497 e. The predicted molar refractivity (Wildman–Crippen MR) is 129 cm³/mol. The summed E-state index contributed by atoms with van der Waals surface area (Å²) in [5, 5.41) is 1.29. The van der Waals surface area contributed by atoms with Crippen molar-refractivity contribution in [2.24, 2.45) is 0 Å². The van der Waals surface area contributed by atoms with Gasteiger partial charge in [-0.2, -0.15) is 0 Å². The summed E-state index contributed by atoms with van der Waals surface area (Å²) in [6, 6.07) is 24.0. The molecule has 1 aliphatic heterocycles. The Hall–Kier alpha value is -4.78. The maximum atomic E-state index is 12.6. The number of rotatable bonds is 6. The number of cyclic esters (lactones) is 2. The van der Waals surface area contributed by atoms with Gasteiger partial charge in [0, 0.05) is 16.3 Å². The van der Waals surface area contributed by atoms with Crippen LogP contribution in [-0.2, 0) is 11.3 Å². The Morgan fingerprint density at radius 3 is 2.34 bits per heavy atom. The van der Waals surface area contributed by atoms with Gasteiger partial charge in [0.05, 0.1) is 23.8 Å². The lowest BCUT2D eigenvalue weighted by Gasteiger charge is -2.09. The number of hydrogen-bond acceptors (Lipinski definition) is 6. The average Bonchev–Trinajstić information content (AvgIpc) is 3.40. The van der Waals surface area contributed by atoms with Crippen LogP contribution in [0.2, 0.25) is 0 Å². The maximum Gasteiger partial charge on any atom is 0.347 e. The number of fused-ring (bicyclic) bond motifs is 5. The number of carbonyl (C=O) groups excluding carboxylic acids is 2. The number of hydrogen-bond donors (Lipinski definition) is 1. The molecule has 4 aromatic carbocycles. The van der Waals surface area contributed by atoms with Gasteiger partial charge in [-0.05, 0) is 54.1 Å². The highest BCUT2D eigenvalue weighted by Crippen LogP contribution is 2.42. The molecule has 7 nitrogen and oxygen atoms in total. The molecule has 6 rings (SSSR count). The molecule has 2 heterocycles. The third-order valence-corrected chi connectivity index (χ3v) is 5.96. The minimum atomic E-state index is -0.697. The normalized spacial score (nSPS) is 12.6. The molecule has 0 saturated heterocycles. The van der Waals surface area contributed by atoms with E-state index in [1.807, 2.05) is 48.5 Å². The Morgan fingerprint density at radius 2 is 1.57 bits per heavy atom. The number of aromatic amines is 1. The second-order valence-electron chi connectivity index (χ2n) is 8.11. The molecule has 0 atom stereocenters. The summed E-state index contributed by atoms with van der Waals surface area (Å²) < 4.78 is 22.3.